The largest absolute Gasteiger partial charge is 0.416 e. The van der Waals surface area contributed by atoms with Crippen molar-refractivity contribution in [2.24, 2.45) is 5.41 Å². The third-order valence-corrected chi connectivity index (χ3v) is 6.85. The smallest absolute Gasteiger partial charge is 0.414 e. The number of alkyl halides is 6. The summed E-state index contributed by atoms with van der Waals surface area (Å²) in [6.07, 6.45) is -13.4. The topological polar surface area (TPSA) is 39.7 Å². The molecule has 4 atom stereocenters. The fraction of sp³-hybridized carbons (Fsp3) is 0.538. The quantitative estimate of drug-likeness (QED) is 0.288. The van der Waals surface area contributed by atoms with Crippen LogP contribution in [-0.4, -0.2) is 34.6 Å². The number of benzene rings is 2. The van der Waals surface area contributed by atoms with Gasteiger partial charge in [-0.2, -0.15) is 26.3 Å². The van der Waals surface area contributed by atoms with Gasteiger partial charge in [-0.05, 0) is 60.0 Å². The molecule has 2 aromatic rings. The average molecular weight is 568 g/mol. The van der Waals surface area contributed by atoms with E-state index in [1.807, 2.05) is 13.1 Å². The van der Waals surface area contributed by atoms with Gasteiger partial charge < -0.3 is 19.2 Å². The summed E-state index contributed by atoms with van der Waals surface area (Å²) in [5.41, 5.74) is -3.36. The number of hydrogen-bond acceptors (Lipinski definition) is 4. The molecule has 0 spiro atoms. The first-order valence-electron chi connectivity index (χ1n) is 12.2. The van der Waals surface area contributed by atoms with Gasteiger partial charge in [0.1, 0.15) is 11.9 Å². The molecule has 1 aliphatic rings. The molecule has 0 saturated carbocycles. The molecule has 1 N–H and O–H groups in total. The normalized spacial score (nSPS) is 21.0. The second-order valence-electron chi connectivity index (χ2n) is 10.6. The Morgan fingerprint density at radius 3 is 1.95 bits per heavy atom. The average Bonchev–Trinajstić information content (AvgIpc) is 2.80. The van der Waals surface area contributed by atoms with E-state index in [0.717, 1.165) is 0 Å². The summed E-state index contributed by atoms with van der Waals surface area (Å²) in [6.45, 7) is 9.63. The Morgan fingerprint density at radius 2 is 1.47 bits per heavy atom. The minimum atomic E-state index is -5.02. The van der Waals surface area contributed by atoms with Crippen LogP contribution >= 0.6 is 0 Å². The summed E-state index contributed by atoms with van der Waals surface area (Å²) in [7, 11) is -1.86. The predicted octanol–water partition coefficient (Wildman–Crippen LogP) is 7.02. The van der Waals surface area contributed by atoms with Crippen LogP contribution in [0.5, 0.6) is 0 Å². The van der Waals surface area contributed by atoms with Crippen LogP contribution < -0.4 is 5.32 Å². The van der Waals surface area contributed by atoms with E-state index in [0.29, 0.717) is 24.2 Å². The number of nitrogens with one attached hydrogen (secondary N) is 1. The second-order valence-corrected chi connectivity index (χ2v) is 13.0. The van der Waals surface area contributed by atoms with Gasteiger partial charge in [0.05, 0.1) is 29.9 Å². The molecule has 1 fully saturated rings. The van der Waals surface area contributed by atoms with E-state index in [9.17, 15) is 30.7 Å². The monoisotopic (exact) mass is 567 g/mol. The summed E-state index contributed by atoms with van der Waals surface area (Å²) in [6, 6.07) is 6.29. The molecule has 0 aromatic heterocycles. The Labute approximate surface area is 219 Å². The van der Waals surface area contributed by atoms with Crippen LogP contribution in [0.2, 0.25) is 13.1 Å². The summed E-state index contributed by atoms with van der Waals surface area (Å²) in [5, 5.41) is 3.19. The molecule has 0 aliphatic carbocycles. The van der Waals surface area contributed by atoms with Gasteiger partial charge >= 0.3 is 12.4 Å². The van der Waals surface area contributed by atoms with Crippen LogP contribution in [0.15, 0.2) is 42.5 Å². The van der Waals surface area contributed by atoms with Crippen molar-refractivity contribution in [2.75, 3.05) is 13.2 Å². The molecule has 212 valence electrons. The van der Waals surface area contributed by atoms with Crippen LogP contribution in [0.25, 0.3) is 0 Å². The third kappa shape index (κ3) is 7.78. The van der Waals surface area contributed by atoms with Gasteiger partial charge in [-0.15, -0.1) is 0 Å². The van der Waals surface area contributed by atoms with E-state index >= 15 is 0 Å². The van der Waals surface area contributed by atoms with Crippen molar-refractivity contribution in [1.82, 2.24) is 5.32 Å². The zero-order valence-electron chi connectivity index (χ0n) is 21.7. The van der Waals surface area contributed by atoms with Crippen molar-refractivity contribution < 1.29 is 44.6 Å². The molecule has 0 bridgehead atoms. The molecule has 4 nitrogen and oxygen atoms in total. The van der Waals surface area contributed by atoms with Gasteiger partial charge in [-0.3, -0.25) is 0 Å². The third-order valence-electron chi connectivity index (χ3n) is 6.02. The van der Waals surface area contributed by atoms with Crippen molar-refractivity contribution in [3.63, 3.8) is 0 Å². The Kier molecular flexibility index (Phi) is 9.35. The maximum Gasteiger partial charge on any atom is 0.416 e. The SMILES string of the molecule is C[SiH](C)OC([C@@H](O[C@H]1OCCN[C@H]1c1ccc(F)cc1)c1cc(C(F)(F)F)cc(C(F)(F)F)c1)C(C)(C)C. The summed E-state index contributed by atoms with van der Waals surface area (Å²) >= 11 is 0. The summed E-state index contributed by atoms with van der Waals surface area (Å²) < 4.78 is 114. The Balaban J connectivity index is 2.16. The highest BCUT2D eigenvalue weighted by molar-refractivity contribution is 6.48. The van der Waals surface area contributed by atoms with E-state index in [1.54, 1.807) is 20.8 Å². The van der Waals surface area contributed by atoms with Crippen molar-refractivity contribution in [1.29, 1.82) is 0 Å². The highest BCUT2D eigenvalue weighted by Gasteiger charge is 2.43. The van der Waals surface area contributed by atoms with Crippen molar-refractivity contribution in [3.8, 4) is 0 Å². The van der Waals surface area contributed by atoms with Gasteiger partial charge in [0.15, 0.2) is 15.3 Å². The fourth-order valence-electron chi connectivity index (χ4n) is 4.28. The molecule has 38 heavy (non-hydrogen) atoms. The minimum Gasteiger partial charge on any atom is -0.414 e. The highest BCUT2D eigenvalue weighted by Crippen LogP contribution is 2.43. The number of ether oxygens (including phenoxy) is 2. The molecule has 1 unspecified atom stereocenters. The molecular formula is C26H32F7NO3Si. The first-order valence-corrected chi connectivity index (χ1v) is 15.0. The van der Waals surface area contributed by atoms with E-state index < -0.39 is 68.3 Å². The van der Waals surface area contributed by atoms with Crippen LogP contribution in [0, 0.1) is 11.2 Å². The zero-order chi connectivity index (χ0) is 28.5. The van der Waals surface area contributed by atoms with Crippen molar-refractivity contribution in [3.05, 3.63) is 70.5 Å². The Morgan fingerprint density at radius 1 is 0.921 bits per heavy atom. The summed E-state index contributed by atoms with van der Waals surface area (Å²) in [5.74, 6) is -0.465. The lowest BCUT2D eigenvalue weighted by Gasteiger charge is -2.42. The minimum absolute atomic E-state index is 0.0880. The molecule has 1 saturated heterocycles. The van der Waals surface area contributed by atoms with Gasteiger partial charge in [0.25, 0.3) is 0 Å². The molecular weight excluding hydrogens is 535 g/mol. The maximum atomic E-state index is 13.7. The molecule has 1 aliphatic heterocycles. The lowest BCUT2D eigenvalue weighted by atomic mass is 9.82. The molecule has 3 rings (SSSR count). The van der Waals surface area contributed by atoms with Gasteiger partial charge in [-0.1, -0.05) is 32.9 Å². The number of hydrogen-bond donors (Lipinski definition) is 1. The maximum absolute atomic E-state index is 13.7. The highest BCUT2D eigenvalue weighted by atomic mass is 28.3. The molecule has 0 radical (unpaired) electrons. The van der Waals surface area contributed by atoms with Gasteiger partial charge in [0.2, 0.25) is 0 Å². The van der Waals surface area contributed by atoms with Crippen molar-refractivity contribution in [2.45, 2.75) is 70.8 Å². The van der Waals surface area contributed by atoms with Crippen LogP contribution in [0.1, 0.15) is 55.2 Å². The number of morpholine rings is 1. The Bertz CT molecular complexity index is 1040. The second kappa shape index (κ2) is 11.6. The Hall–Kier alpha value is -1.99. The zero-order valence-corrected chi connectivity index (χ0v) is 22.9. The van der Waals surface area contributed by atoms with E-state index in [4.69, 9.17) is 13.9 Å². The standard InChI is InChI=1S/C26H32F7NO3Si/c1-24(2,3)22(37-38(4)5)21(16-12-17(25(28,29)30)14-18(13-16)26(31,32)33)36-23-20(34-10-11-35-23)15-6-8-19(27)9-7-15/h6-9,12-14,20-23,34,38H,10-11H2,1-5H3/t20-,21-,22?,23+/m0/s1. The van der Waals surface area contributed by atoms with Crippen LogP contribution in [0.3, 0.4) is 0 Å². The predicted molar refractivity (Wildman–Crippen MR) is 130 cm³/mol. The lowest BCUT2D eigenvalue weighted by molar-refractivity contribution is -0.227. The van der Waals surface area contributed by atoms with Crippen molar-refractivity contribution >= 4 is 9.04 Å². The lowest BCUT2D eigenvalue weighted by Crippen LogP contribution is -2.47. The van der Waals surface area contributed by atoms with E-state index in [-0.39, 0.29) is 18.2 Å². The number of halogens is 7. The summed E-state index contributed by atoms with van der Waals surface area (Å²) in [4.78, 5) is 0. The number of rotatable bonds is 7. The van der Waals surface area contributed by atoms with Gasteiger partial charge in [0, 0.05) is 6.54 Å². The van der Waals surface area contributed by atoms with Crippen LogP contribution in [-0.2, 0) is 26.3 Å². The molecule has 0 amide bonds. The first kappa shape index (κ1) is 30.5. The molecule has 1 heterocycles. The van der Waals surface area contributed by atoms with E-state index in [1.165, 1.54) is 24.3 Å². The molecule has 12 heteroatoms. The van der Waals surface area contributed by atoms with Crippen LogP contribution in [0.4, 0.5) is 30.7 Å². The first-order chi connectivity index (χ1) is 17.5. The van der Waals surface area contributed by atoms with Gasteiger partial charge in [-0.25, -0.2) is 4.39 Å². The fourth-order valence-corrected chi connectivity index (χ4v) is 5.42. The molecule has 2 aromatic carbocycles. The van der Waals surface area contributed by atoms with E-state index in [2.05, 4.69) is 5.32 Å².